The summed E-state index contributed by atoms with van der Waals surface area (Å²) in [4.78, 5) is 36.6. The van der Waals surface area contributed by atoms with Crippen LogP contribution in [0.15, 0.2) is 78.9 Å². The third-order valence-corrected chi connectivity index (χ3v) is 6.05. The van der Waals surface area contributed by atoms with Gasteiger partial charge in [0, 0.05) is 29.8 Å². The highest BCUT2D eigenvalue weighted by atomic mass is 16.3. The molecule has 6 heteroatoms. The molecular weight excluding hydrogens is 464 g/mol. The molecule has 0 atom stereocenters. The number of aliphatic hydroxyl groups is 1. The number of nitrogens with one attached hydrogen (secondary N) is 2. The topological polar surface area (TPSA) is 95.5 Å². The summed E-state index contributed by atoms with van der Waals surface area (Å²) in [7, 11) is 0. The van der Waals surface area contributed by atoms with Gasteiger partial charge in [-0.25, -0.2) is 0 Å². The number of aryl methyl sites for hydroxylation is 1. The number of carbonyl (C=O) groups is 3. The van der Waals surface area contributed by atoms with Gasteiger partial charge in [0.05, 0.1) is 0 Å². The summed E-state index contributed by atoms with van der Waals surface area (Å²) >= 11 is 0. The van der Waals surface area contributed by atoms with Crippen LogP contribution in [0.2, 0.25) is 0 Å². The van der Waals surface area contributed by atoms with Crippen LogP contribution >= 0.6 is 0 Å². The molecule has 3 aromatic carbocycles. The van der Waals surface area contributed by atoms with Gasteiger partial charge in [-0.2, -0.15) is 0 Å². The van der Waals surface area contributed by atoms with Gasteiger partial charge in [0.2, 0.25) is 5.91 Å². The van der Waals surface area contributed by atoms with E-state index in [1.165, 1.54) is 6.08 Å². The van der Waals surface area contributed by atoms with Crippen molar-refractivity contribution in [1.29, 1.82) is 0 Å². The Kier molecular flexibility index (Phi) is 8.44. The van der Waals surface area contributed by atoms with Crippen LogP contribution in [0.5, 0.6) is 0 Å². The van der Waals surface area contributed by atoms with E-state index in [0.717, 1.165) is 40.7 Å². The minimum atomic E-state index is -0.526. The molecule has 6 nitrogen and oxygen atoms in total. The van der Waals surface area contributed by atoms with Crippen LogP contribution in [-0.2, 0) is 16.1 Å². The molecule has 3 aromatic rings. The summed E-state index contributed by atoms with van der Waals surface area (Å²) < 4.78 is 0. The highest BCUT2D eigenvalue weighted by molar-refractivity contribution is 6.24. The molecule has 3 N–H and O–H groups in total. The van der Waals surface area contributed by atoms with Crippen molar-refractivity contribution in [3.05, 3.63) is 112 Å². The number of benzene rings is 3. The van der Waals surface area contributed by atoms with Crippen LogP contribution in [0, 0.1) is 6.92 Å². The first-order chi connectivity index (χ1) is 17.9. The lowest BCUT2D eigenvalue weighted by molar-refractivity contribution is -0.117. The van der Waals surface area contributed by atoms with E-state index in [4.69, 9.17) is 5.11 Å². The first kappa shape index (κ1) is 25.8. The van der Waals surface area contributed by atoms with E-state index in [2.05, 4.69) is 10.6 Å². The van der Waals surface area contributed by atoms with Gasteiger partial charge >= 0.3 is 0 Å². The molecular formula is C31H30N2O4. The molecule has 1 saturated carbocycles. The first-order valence-corrected chi connectivity index (χ1v) is 12.3. The zero-order valence-corrected chi connectivity index (χ0v) is 20.7. The maximum Gasteiger partial charge on any atom is 0.252 e. The summed E-state index contributed by atoms with van der Waals surface area (Å²) in [5.41, 5.74) is 5.65. The Hall–Kier alpha value is -4.29. The molecule has 0 heterocycles. The molecule has 0 spiro atoms. The van der Waals surface area contributed by atoms with Crippen molar-refractivity contribution in [3.8, 4) is 0 Å². The largest absolute Gasteiger partial charge is 0.388 e. The Balaban J connectivity index is 1.38. The molecule has 37 heavy (non-hydrogen) atoms. The second-order valence-electron chi connectivity index (χ2n) is 9.17. The highest BCUT2D eigenvalue weighted by Crippen LogP contribution is 2.24. The Morgan fingerprint density at radius 3 is 2.27 bits per heavy atom. The van der Waals surface area contributed by atoms with Crippen LogP contribution in [0.4, 0.5) is 0 Å². The van der Waals surface area contributed by atoms with Crippen molar-refractivity contribution in [3.63, 3.8) is 0 Å². The molecule has 0 radical (unpaired) electrons. The standard InChI is InChI=1S/C31H30N2O4/c1-21-3-2-4-26(17-21)28(31(37)33-27-14-15-27)18-23-7-5-22(6-8-23)11-16-30(36)32-19-24-9-12-25(13-10-24)29(35)20-34/h2-13,16-18,27,34H,14-15,19-20H2,1H3,(H,32,36)(H,33,37)/b16-11+,28-18+. The number of rotatable bonds is 10. The molecule has 0 bridgehead atoms. The average molecular weight is 495 g/mol. The fraction of sp³-hybridized carbons (Fsp3) is 0.194. The van der Waals surface area contributed by atoms with Crippen molar-refractivity contribution >= 4 is 35.3 Å². The summed E-state index contributed by atoms with van der Waals surface area (Å²) in [6.07, 6.45) is 7.15. The Morgan fingerprint density at radius 2 is 1.62 bits per heavy atom. The van der Waals surface area contributed by atoms with Gasteiger partial charge in [-0.3, -0.25) is 14.4 Å². The zero-order valence-electron chi connectivity index (χ0n) is 20.7. The van der Waals surface area contributed by atoms with Gasteiger partial charge in [-0.15, -0.1) is 0 Å². The molecule has 0 aromatic heterocycles. The number of ketones is 1. The van der Waals surface area contributed by atoms with E-state index >= 15 is 0 Å². The number of amides is 2. The second kappa shape index (κ2) is 12.1. The van der Waals surface area contributed by atoms with Gasteiger partial charge in [0.1, 0.15) is 6.61 Å². The smallest absolute Gasteiger partial charge is 0.252 e. The summed E-state index contributed by atoms with van der Waals surface area (Å²) in [5, 5.41) is 14.8. The monoisotopic (exact) mass is 494 g/mol. The van der Waals surface area contributed by atoms with Crippen molar-refractivity contribution in [2.24, 2.45) is 0 Å². The number of aliphatic hydroxyl groups excluding tert-OH is 1. The van der Waals surface area contributed by atoms with Crippen molar-refractivity contribution < 1.29 is 19.5 Å². The fourth-order valence-electron chi connectivity index (χ4n) is 3.77. The van der Waals surface area contributed by atoms with Gasteiger partial charge < -0.3 is 15.7 Å². The third kappa shape index (κ3) is 7.59. The molecule has 1 fully saturated rings. The lowest BCUT2D eigenvalue weighted by atomic mass is 9.99. The molecule has 1 aliphatic carbocycles. The predicted octanol–water partition coefficient (Wildman–Crippen LogP) is 4.32. The van der Waals surface area contributed by atoms with E-state index in [0.29, 0.717) is 17.7 Å². The average Bonchev–Trinajstić information content (AvgIpc) is 3.73. The normalized spacial score (nSPS) is 13.4. The van der Waals surface area contributed by atoms with Crippen LogP contribution in [0.25, 0.3) is 17.7 Å². The summed E-state index contributed by atoms with van der Waals surface area (Å²) in [6.45, 7) is 1.81. The number of hydrogen-bond acceptors (Lipinski definition) is 4. The molecule has 1 aliphatic rings. The van der Waals surface area contributed by atoms with Gasteiger partial charge in [0.25, 0.3) is 5.91 Å². The highest BCUT2D eigenvalue weighted by Gasteiger charge is 2.25. The number of carbonyl (C=O) groups excluding carboxylic acids is 3. The lowest BCUT2D eigenvalue weighted by Gasteiger charge is -2.10. The molecule has 2 amide bonds. The summed E-state index contributed by atoms with van der Waals surface area (Å²) in [6, 6.07) is 22.6. The van der Waals surface area contributed by atoms with E-state index in [-0.39, 0.29) is 23.6 Å². The van der Waals surface area contributed by atoms with Gasteiger partial charge in [0.15, 0.2) is 5.78 Å². The third-order valence-electron chi connectivity index (χ3n) is 6.05. The molecule has 0 unspecified atom stereocenters. The predicted molar refractivity (Wildman–Crippen MR) is 145 cm³/mol. The van der Waals surface area contributed by atoms with Crippen molar-refractivity contribution in [2.75, 3.05) is 6.61 Å². The van der Waals surface area contributed by atoms with Crippen LogP contribution in [0.1, 0.15) is 51.0 Å². The maximum atomic E-state index is 12.9. The minimum absolute atomic E-state index is 0.0663. The van der Waals surface area contributed by atoms with Crippen LogP contribution < -0.4 is 10.6 Å². The maximum absolute atomic E-state index is 12.9. The molecule has 0 saturated heterocycles. The van der Waals surface area contributed by atoms with E-state index < -0.39 is 6.61 Å². The van der Waals surface area contributed by atoms with Gasteiger partial charge in [-0.05, 0) is 54.2 Å². The Morgan fingerprint density at radius 1 is 0.919 bits per heavy atom. The number of Topliss-reactive ketones (excluding diaryl/α,β-unsaturated/α-hetero) is 1. The quantitative estimate of drug-likeness (QED) is 0.222. The lowest BCUT2D eigenvalue weighted by Crippen LogP contribution is -2.26. The molecule has 188 valence electrons. The SMILES string of the molecule is Cc1cccc(/C(=C\c2ccc(/C=C/C(=O)NCc3ccc(C(=O)CO)cc3)cc2)C(=O)NC2CC2)c1. The van der Waals surface area contributed by atoms with Crippen molar-refractivity contribution in [2.45, 2.75) is 32.4 Å². The molecule has 4 rings (SSSR count). The zero-order chi connectivity index (χ0) is 26.2. The Bertz CT molecular complexity index is 1330. The van der Waals surface area contributed by atoms with E-state index in [9.17, 15) is 14.4 Å². The van der Waals surface area contributed by atoms with E-state index in [1.807, 2.05) is 61.5 Å². The van der Waals surface area contributed by atoms with Crippen LogP contribution in [0.3, 0.4) is 0 Å². The van der Waals surface area contributed by atoms with Gasteiger partial charge in [-0.1, -0.05) is 78.4 Å². The van der Waals surface area contributed by atoms with Crippen molar-refractivity contribution in [1.82, 2.24) is 10.6 Å². The minimum Gasteiger partial charge on any atom is -0.388 e. The van der Waals surface area contributed by atoms with E-state index in [1.54, 1.807) is 30.3 Å². The summed E-state index contributed by atoms with van der Waals surface area (Å²) in [5.74, 6) is -0.644. The number of hydrogen-bond donors (Lipinski definition) is 3. The second-order valence-corrected chi connectivity index (χ2v) is 9.17. The Labute approximate surface area is 216 Å². The fourth-order valence-corrected chi connectivity index (χ4v) is 3.77. The van der Waals surface area contributed by atoms with Crippen LogP contribution in [-0.4, -0.2) is 35.4 Å². The molecule has 0 aliphatic heterocycles. The first-order valence-electron chi connectivity index (χ1n) is 12.3.